The number of carbonyl (C=O) groups is 2. The maximum absolute atomic E-state index is 11.4. The largest absolute Gasteiger partial charge is 0.479 e. The second kappa shape index (κ2) is 7.13. The van der Waals surface area contributed by atoms with Gasteiger partial charge in [0.05, 0.1) is 0 Å². The van der Waals surface area contributed by atoms with E-state index in [0.717, 1.165) is 16.0 Å². The molecule has 0 spiro atoms. The zero-order chi connectivity index (χ0) is 16.1. The molecule has 4 nitrogen and oxygen atoms in total. The van der Waals surface area contributed by atoms with E-state index < -0.39 is 12.0 Å². The molecule has 0 saturated heterocycles. The van der Waals surface area contributed by atoms with Gasteiger partial charge in [0.15, 0.2) is 6.04 Å². The van der Waals surface area contributed by atoms with Crippen LogP contribution < -0.4 is 5.32 Å². The highest BCUT2D eigenvalue weighted by atomic mass is 32.2. The summed E-state index contributed by atoms with van der Waals surface area (Å²) in [7, 11) is 0. The number of hydrogen-bond acceptors (Lipinski definition) is 3. The van der Waals surface area contributed by atoms with Crippen LogP contribution in [-0.4, -0.2) is 23.2 Å². The number of carbonyl (C=O) groups excluding carboxylic acids is 1. The van der Waals surface area contributed by atoms with Gasteiger partial charge in [-0.1, -0.05) is 30.3 Å². The highest BCUT2D eigenvalue weighted by molar-refractivity contribution is 7.98. The lowest BCUT2D eigenvalue weighted by atomic mass is 9.99. The summed E-state index contributed by atoms with van der Waals surface area (Å²) < 4.78 is 0. The molecule has 22 heavy (non-hydrogen) atoms. The lowest BCUT2D eigenvalue weighted by molar-refractivity contribution is -0.141. The van der Waals surface area contributed by atoms with Gasteiger partial charge in [0, 0.05) is 11.8 Å². The van der Waals surface area contributed by atoms with Crippen LogP contribution in [0.25, 0.3) is 11.1 Å². The fourth-order valence-corrected chi connectivity index (χ4v) is 2.65. The number of aliphatic carboxylic acids is 1. The topological polar surface area (TPSA) is 66.4 Å². The van der Waals surface area contributed by atoms with E-state index in [9.17, 15) is 14.7 Å². The molecule has 0 aliphatic heterocycles. The molecule has 1 amide bonds. The zero-order valence-corrected chi connectivity index (χ0v) is 13.2. The first kappa shape index (κ1) is 16.1. The van der Waals surface area contributed by atoms with Gasteiger partial charge in [-0.15, -0.1) is 11.8 Å². The van der Waals surface area contributed by atoms with Gasteiger partial charge in [0.1, 0.15) is 0 Å². The van der Waals surface area contributed by atoms with Gasteiger partial charge in [0.25, 0.3) is 0 Å². The summed E-state index contributed by atoms with van der Waals surface area (Å²) in [6.45, 7) is 1.31. The van der Waals surface area contributed by atoms with Crippen LogP contribution in [0, 0.1) is 0 Å². The summed E-state index contributed by atoms with van der Waals surface area (Å²) in [5, 5.41) is 11.8. The first-order valence-corrected chi connectivity index (χ1v) is 7.98. The number of benzene rings is 2. The number of carboxylic acid groups (broad SMARTS) is 1. The number of rotatable bonds is 5. The molecule has 5 heteroatoms. The zero-order valence-electron chi connectivity index (χ0n) is 12.4. The van der Waals surface area contributed by atoms with Crippen LogP contribution in [-0.2, 0) is 9.59 Å². The SMILES string of the molecule is CSc1cccc(-c2cccc(C(NC(C)=O)C(=O)O)c2)c1. The number of amides is 1. The third-order valence-electron chi connectivity index (χ3n) is 3.22. The summed E-state index contributed by atoms with van der Waals surface area (Å²) in [5.41, 5.74) is 2.49. The number of nitrogens with one attached hydrogen (secondary N) is 1. The van der Waals surface area contributed by atoms with Crippen molar-refractivity contribution in [3.8, 4) is 11.1 Å². The van der Waals surface area contributed by atoms with Crippen LogP contribution in [0.4, 0.5) is 0 Å². The monoisotopic (exact) mass is 315 g/mol. The van der Waals surface area contributed by atoms with Crippen LogP contribution in [0.1, 0.15) is 18.5 Å². The summed E-state index contributed by atoms with van der Waals surface area (Å²) >= 11 is 1.65. The molecule has 0 bridgehead atoms. The highest BCUT2D eigenvalue weighted by Crippen LogP contribution is 2.26. The van der Waals surface area contributed by atoms with E-state index in [1.54, 1.807) is 30.0 Å². The Morgan fingerprint density at radius 3 is 2.32 bits per heavy atom. The Kier molecular flexibility index (Phi) is 5.22. The second-order valence-corrected chi connectivity index (χ2v) is 5.71. The van der Waals surface area contributed by atoms with E-state index in [0.29, 0.717) is 5.56 Å². The summed E-state index contributed by atoms with van der Waals surface area (Å²) in [6, 6.07) is 14.2. The molecule has 1 unspecified atom stereocenters. The Morgan fingerprint density at radius 1 is 1.09 bits per heavy atom. The van der Waals surface area contributed by atoms with Crippen molar-refractivity contribution in [3.05, 3.63) is 54.1 Å². The van der Waals surface area contributed by atoms with Crippen LogP contribution in [0.3, 0.4) is 0 Å². The molecule has 2 aromatic rings. The smallest absolute Gasteiger partial charge is 0.330 e. The molecule has 2 N–H and O–H groups in total. The fourth-order valence-electron chi connectivity index (χ4n) is 2.19. The molecule has 0 aromatic heterocycles. The molecular formula is C17H17NO3S. The Labute approximate surface area is 133 Å². The molecule has 0 fully saturated rings. The molecule has 0 radical (unpaired) electrons. The van der Waals surface area contributed by atoms with Crippen molar-refractivity contribution in [1.82, 2.24) is 5.32 Å². The average molecular weight is 315 g/mol. The molecule has 0 aliphatic rings. The Hall–Kier alpha value is -2.27. The summed E-state index contributed by atoms with van der Waals surface area (Å²) in [4.78, 5) is 23.7. The minimum atomic E-state index is -1.08. The van der Waals surface area contributed by atoms with E-state index in [1.807, 2.05) is 30.5 Å². The van der Waals surface area contributed by atoms with Gasteiger partial charge < -0.3 is 10.4 Å². The van der Waals surface area contributed by atoms with Crippen molar-refractivity contribution in [2.45, 2.75) is 17.9 Å². The quantitative estimate of drug-likeness (QED) is 0.831. The van der Waals surface area contributed by atoms with Gasteiger partial charge in [-0.2, -0.15) is 0 Å². The molecule has 2 rings (SSSR count). The lowest BCUT2D eigenvalue weighted by Crippen LogP contribution is -2.31. The third-order valence-corrected chi connectivity index (χ3v) is 3.94. The summed E-state index contributed by atoms with van der Waals surface area (Å²) in [6.07, 6.45) is 2.01. The average Bonchev–Trinajstić information content (AvgIpc) is 2.52. The van der Waals surface area contributed by atoms with E-state index in [4.69, 9.17) is 0 Å². The molecule has 0 heterocycles. The van der Waals surface area contributed by atoms with Crippen molar-refractivity contribution in [3.63, 3.8) is 0 Å². The van der Waals surface area contributed by atoms with Crippen molar-refractivity contribution in [1.29, 1.82) is 0 Å². The Balaban J connectivity index is 2.40. The second-order valence-electron chi connectivity index (χ2n) is 4.83. The van der Waals surface area contributed by atoms with Gasteiger partial charge in [0.2, 0.25) is 5.91 Å². The van der Waals surface area contributed by atoms with Crippen molar-refractivity contribution in [2.24, 2.45) is 0 Å². The van der Waals surface area contributed by atoms with Gasteiger partial charge in [-0.3, -0.25) is 4.79 Å². The van der Waals surface area contributed by atoms with Gasteiger partial charge in [-0.05, 0) is 41.1 Å². The third kappa shape index (κ3) is 3.89. The van der Waals surface area contributed by atoms with E-state index in [2.05, 4.69) is 11.4 Å². The normalized spacial score (nSPS) is 11.7. The minimum Gasteiger partial charge on any atom is -0.479 e. The van der Waals surface area contributed by atoms with Crippen molar-refractivity contribution in [2.75, 3.05) is 6.26 Å². The number of carboxylic acids is 1. The van der Waals surface area contributed by atoms with Crippen LogP contribution in [0.15, 0.2) is 53.4 Å². The Bertz CT molecular complexity index is 700. The van der Waals surface area contributed by atoms with Crippen LogP contribution >= 0.6 is 11.8 Å². The number of hydrogen-bond donors (Lipinski definition) is 2. The fraction of sp³-hybridized carbons (Fsp3) is 0.176. The molecule has 1 atom stereocenters. The van der Waals surface area contributed by atoms with E-state index in [-0.39, 0.29) is 5.91 Å². The Morgan fingerprint density at radius 2 is 1.73 bits per heavy atom. The first-order valence-electron chi connectivity index (χ1n) is 6.75. The summed E-state index contributed by atoms with van der Waals surface area (Å²) in [5.74, 6) is -1.45. The van der Waals surface area contributed by atoms with Crippen molar-refractivity contribution < 1.29 is 14.7 Å². The van der Waals surface area contributed by atoms with Crippen LogP contribution in [0.2, 0.25) is 0 Å². The molecule has 0 aliphatic carbocycles. The van der Waals surface area contributed by atoms with E-state index in [1.165, 1.54) is 6.92 Å². The van der Waals surface area contributed by atoms with Crippen molar-refractivity contribution >= 4 is 23.6 Å². The first-order chi connectivity index (χ1) is 10.5. The lowest BCUT2D eigenvalue weighted by Gasteiger charge is -2.15. The minimum absolute atomic E-state index is 0.373. The number of thioether (sulfide) groups is 1. The molecule has 114 valence electrons. The van der Waals surface area contributed by atoms with Gasteiger partial charge >= 0.3 is 5.97 Å². The van der Waals surface area contributed by atoms with Gasteiger partial charge in [-0.25, -0.2) is 4.79 Å². The predicted molar refractivity (Wildman–Crippen MR) is 87.9 cm³/mol. The maximum Gasteiger partial charge on any atom is 0.330 e. The standard InChI is InChI=1S/C17H17NO3S/c1-11(19)18-16(17(20)21)14-7-3-5-12(9-14)13-6-4-8-15(10-13)22-2/h3-10,16H,1-2H3,(H,18,19)(H,20,21). The van der Waals surface area contributed by atoms with E-state index >= 15 is 0 Å². The molecular weight excluding hydrogens is 298 g/mol. The predicted octanol–water partition coefficient (Wildman–Crippen LogP) is 3.34. The molecule has 2 aromatic carbocycles. The maximum atomic E-state index is 11.4. The molecule has 0 saturated carbocycles. The van der Waals surface area contributed by atoms with Crippen LogP contribution in [0.5, 0.6) is 0 Å². The highest BCUT2D eigenvalue weighted by Gasteiger charge is 2.20.